The van der Waals surface area contributed by atoms with E-state index in [1.165, 1.54) is 0 Å². The van der Waals surface area contributed by atoms with Gasteiger partial charge in [-0.3, -0.25) is 9.79 Å². The number of nitrogens with zero attached hydrogens (tertiary/aromatic N) is 2. The average molecular weight is 493 g/mol. The first kappa shape index (κ1) is 24.2. The molecule has 1 aliphatic heterocycles. The lowest BCUT2D eigenvalue weighted by molar-refractivity contribution is -0.122. The molecule has 4 rings (SSSR count). The third kappa shape index (κ3) is 4.81. The molecular formula is C27H28N2O3S2. The van der Waals surface area contributed by atoms with Crippen LogP contribution in [0, 0.1) is 0 Å². The zero-order valence-electron chi connectivity index (χ0n) is 19.5. The summed E-state index contributed by atoms with van der Waals surface area (Å²) in [6, 6.07) is 27.2. The van der Waals surface area contributed by atoms with Crippen LogP contribution in [0.2, 0.25) is 0 Å². The third-order valence-electron chi connectivity index (χ3n) is 5.52. The summed E-state index contributed by atoms with van der Waals surface area (Å²) in [5, 5.41) is -1.08. The Morgan fingerprint density at radius 3 is 2.12 bits per heavy atom. The fourth-order valence-electron chi connectivity index (χ4n) is 4.14. The summed E-state index contributed by atoms with van der Waals surface area (Å²) in [5.41, 5.74) is 2.06. The summed E-state index contributed by atoms with van der Waals surface area (Å²) in [4.78, 5) is 18.9. The molecule has 1 amide bonds. The zero-order valence-corrected chi connectivity index (χ0v) is 21.1. The number of aliphatic imine (C=N–C) groups is 1. The molecule has 176 valence electrons. The number of hydrogen-bond donors (Lipinski definition) is 0. The van der Waals surface area contributed by atoms with Crippen molar-refractivity contribution in [3.8, 4) is 11.1 Å². The van der Waals surface area contributed by atoms with E-state index in [9.17, 15) is 13.2 Å². The van der Waals surface area contributed by atoms with E-state index in [2.05, 4.69) is 29.3 Å². The molecular weight excluding hydrogens is 464 g/mol. The van der Waals surface area contributed by atoms with E-state index in [0.717, 1.165) is 20.3 Å². The summed E-state index contributed by atoms with van der Waals surface area (Å²) in [7, 11) is -3.92. The van der Waals surface area contributed by atoms with Gasteiger partial charge in [-0.15, -0.1) is 11.8 Å². The molecule has 34 heavy (non-hydrogen) atoms. The van der Waals surface area contributed by atoms with Crippen molar-refractivity contribution in [1.29, 1.82) is 0 Å². The fourth-order valence-corrected chi connectivity index (χ4v) is 7.32. The molecule has 1 unspecified atom stereocenters. The molecule has 0 N–H and O–H groups in total. The van der Waals surface area contributed by atoms with Crippen LogP contribution < -0.4 is 0 Å². The van der Waals surface area contributed by atoms with Crippen molar-refractivity contribution < 1.29 is 13.2 Å². The van der Waals surface area contributed by atoms with Gasteiger partial charge in [0.15, 0.2) is 5.25 Å². The second kappa shape index (κ2) is 9.76. The summed E-state index contributed by atoms with van der Waals surface area (Å²) < 4.78 is 27.9. The molecule has 0 radical (unpaired) electrons. The van der Waals surface area contributed by atoms with E-state index >= 15 is 0 Å². The second-order valence-corrected chi connectivity index (χ2v) is 12.1. The van der Waals surface area contributed by atoms with Gasteiger partial charge < -0.3 is 0 Å². The number of carbonyl (C=O) groups excluding carboxylic acids is 1. The molecule has 3 aromatic rings. The minimum Gasteiger partial charge on any atom is -0.281 e. The minimum atomic E-state index is -3.92. The van der Waals surface area contributed by atoms with Crippen molar-refractivity contribution in [2.45, 2.75) is 36.5 Å². The Hall–Kier alpha value is -2.90. The van der Waals surface area contributed by atoms with E-state index in [-0.39, 0.29) is 5.71 Å². The summed E-state index contributed by atoms with van der Waals surface area (Å²) in [6.07, 6.45) is 0. The molecule has 5 nitrogen and oxygen atoms in total. The SMILES string of the molecule is CC(C)(C)N1C(=O)C(=NCCSc2ccccc2-c2ccccc2)C(c2ccccc2)S1(=O)=O. The second-order valence-electron chi connectivity index (χ2n) is 9.05. The number of benzene rings is 3. The predicted octanol–water partition coefficient (Wildman–Crippen LogP) is 5.60. The normalized spacial score (nSPS) is 19.0. The van der Waals surface area contributed by atoms with Crippen LogP contribution in [0.15, 0.2) is 94.8 Å². The Balaban J connectivity index is 1.59. The quantitative estimate of drug-likeness (QED) is 0.332. The highest BCUT2D eigenvalue weighted by atomic mass is 32.2. The topological polar surface area (TPSA) is 66.8 Å². The van der Waals surface area contributed by atoms with E-state index < -0.39 is 26.7 Å². The first-order valence-corrected chi connectivity index (χ1v) is 13.7. The lowest BCUT2D eigenvalue weighted by Gasteiger charge is -2.30. The molecule has 0 spiro atoms. The van der Waals surface area contributed by atoms with E-state index in [4.69, 9.17) is 0 Å². The fraction of sp³-hybridized carbons (Fsp3) is 0.259. The standard InChI is InChI=1S/C27H28N2O3S2/c1-27(2,3)29-26(30)24(25(34(29,31)32)21-14-8-5-9-15-21)28-18-19-33-23-17-11-10-16-22(23)20-12-6-4-7-13-20/h4-17,25H,18-19H2,1-3H3. The largest absolute Gasteiger partial charge is 0.283 e. The van der Waals surface area contributed by atoms with Crippen LogP contribution in [-0.2, 0) is 14.8 Å². The molecule has 0 saturated carbocycles. The highest BCUT2D eigenvalue weighted by Gasteiger charge is 2.54. The van der Waals surface area contributed by atoms with Crippen LogP contribution in [0.1, 0.15) is 31.6 Å². The monoisotopic (exact) mass is 492 g/mol. The van der Waals surface area contributed by atoms with Gasteiger partial charge in [-0.05, 0) is 43.5 Å². The molecule has 0 aromatic heterocycles. The smallest absolute Gasteiger partial charge is 0.281 e. The van der Waals surface area contributed by atoms with Crippen molar-refractivity contribution in [2.75, 3.05) is 12.3 Å². The van der Waals surface area contributed by atoms with E-state index in [1.807, 2.05) is 36.4 Å². The first-order valence-electron chi connectivity index (χ1n) is 11.2. The van der Waals surface area contributed by atoms with Crippen molar-refractivity contribution >= 4 is 33.4 Å². The third-order valence-corrected chi connectivity index (χ3v) is 8.89. The number of sulfonamides is 1. The maximum Gasteiger partial charge on any atom is 0.283 e. The highest BCUT2D eigenvalue weighted by Crippen LogP contribution is 2.39. The van der Waals surface area contributed by atoms with Gasteiger partial charge >= 0.3 is 0 Å². The van der Waals surface area contributed by atoms with Gasteiger partial charge in [0.25, 0.3) is 15.9 Å². The van der Waals surface area contributed by atoms with Gasteiger partial charge in [0, 0.05) is 17.2 Å². The molecule has 1 saturated heterocycles. The number of amides is 1. The number of hydrogen-bond acceptors (Lipinski definition) is 5. The lowest BCUT2D eigenvalue weighted by atomic mass is 10.1. The Kier molecular flexibility index (Phi) is 6.96. The number of rotatable bonds is 6. The van der Waals surface area contributed by atoms with Crippen LogP contribution in [0.25, 0.3) is 11.1 Å². The van der Waals surface area contributed by atoms with Crippen LogP contribution in [0.5, 0.6) is 0 Å². The van der Waals surface area contributed by atoms with Crippen LogP contribution in [0.3, 0.4) is 0 Å². The van der Waals surface area contributed by atoms with Crippen LogP contribution in [0.4, 0.5) is 0 Å². The summed E-state index contributed by atoms with van der Waals surface area (Å²) in [5.74, 6) is 0.0913. The first-order chi connectivity index (χ1) is 16.2. The predicted molar refractivity (Wildman–Crippen MR) is 140 cm³/mol. The molecule has 0 bridgehead atoms. The van der Waals surface area contributed by atoms with E-state index in [1.54, 1.807) is 56.8 Å². The molecule has 1 fully saturated rings. The maximum absolute atomic E-state index is 13.4. The lowest BCUT2D eigenvalue weighted by Crippen LogP contribution is -2.45. The Bertz CT molecular complexity index is 1300. The zero-order chi connectivity index (χ0) is 24.3. The van der Waals surface area contributed by atoms with E-state index in [0.29, 0.717) is 17.9 Å². The van der Waals surface area contributed by atoms with Gasteiger partial charge in [-0.1, -0.05) is 78.9 Å². The molecule has 7 heteroatoms. The average Bonchev–Trinajstić information content (AvgIpc) is 3.02. The van der Waals surface area contributed by atoms with Crippen LogP contribution >= 0.6 is 11.8 Å². The van der Waals surface area contributed by atoms with Gasteiger partial charge in [0.05, 0.1) is 5.54 Å². The van der Waals surface area contributed by atoms with Crippen molar-refractivity contribution in [3.63, 3.8) is 0 Å². The Labute approximate surface area is 206 Å². The minimum absolute atomic E-state index is 0.0954. The van der Waals surface area contributed by atoms with Crippen LogP contribution in [-0.4, -0.2) is 42.2 Å². The molecule has 1 atom stereocenters. The van der Waals surface area contributed by atoms with Crippen molar-refractivity contribution in [2.24, 2.45) is 4.99 Å². The molecule has 3 aromatic carbocycles. The van der Waals surface area contributed by atoms with Crippen molar-refractivity contribution in [1.82, 2.24) is 4.31 Å². The van der Waals surface area contributed by atoms with Gasteiger partial charge in [-0.2, -0.15) is 0 Å². The number of thioether (sulfide) groups is 1. The maximum atomic E-state index is 13.4. The van der Waals surface area contributed by atoms with Gasteiger partial charge in [0.2, 0.25) is 0 Å². The molecule has 1 heterocycles. The summed E-state index contributed by atoms with van der Waals surface area (Å²) in [6.45, 7) is 5.52. The Morgan fingerprint density at radius 2 is 1.47 bits per heavy atom. The number of carbonyl (C=O) groups is 1. The molecule has 1 aliphatic rings. The van der Waals surface area contributed by atoms with Crippen molar-refractivity contribution in [3.05, 3.63) is 90.5 Å². The van der Waals surface area contributed by atoms with Gasteiger partial charge in [-0.25, -0.2) is 12.7 Å². The van der Waals surface area contributed by atoms with Gasteiger partial charge in [0.1, 0.15) is 5.71 Å². The Morgan fingerprint density at radius 1 is 0.882 bits per heavy atom. The highest BCUT2D eigenvalue weighted by molar-refractivity contribution is 7.99. The molecule has 0 aliphatic carbocycles. The summed E-state index contributed by atoms with van der Waals surface area (Å²) >= 11 is 1.65.